The van der Waals surface area contributed by atoms with Gasteiger partial charge in [0.2, 0.25) is 0 Å². The molecule has 0 aromatic rings. The molecule has 0 rings (SSSR count). The molecular weight excluding hydrogens is 172 g/mol. The molecule has 0 amide bonds. The van der Waals surface area contributed by atoms with Crippen LogP contribution in [0.1, 0.15) is 19.3 Å². The topological polar surface area (TPSA) is 74.6 Å². The summed E-state index contributed by atoms with van der Waals surface area (Å²) in [5, 5.41) is 16.4. The molecule has 4 nitrogen and oxygen atoms in total. The summed E-state index contributed by atoms with van der Waals surface area (Å²) < 4.78 is 0. The molecule has 0 spiro atoms. The molecular formula is C9H8O4. The molecule has 0 bridgehead atoms. The van der Waals surface area contributed by atoms with Crippen LogP contribution in [0.2, 0.25) is 0 Å². The Morgan fingerprint density at radius 3 is 2.15 bits per heavy atom. The third kappa shape index (κ3) is 10.1. The van der Waals surface area contributed by atoms with Crippen molar-refractivity contribution < 1.29 is 19.8 Å². The van der Waals surface area contributed by atoms with E-state index in [1.165, 1.54) is 0 Å². The van der Waals surface area contributed by atoms with Crippen LogP contribution in [0.3, 0.4) is 0 Å². The molecule has 0 aliphatic rings. The molecule has 0 radical (unpaired) electrons. The average Bonchev–Trinajstić information content (AvgIpc) is 2.01. The molecule has 0 saturated heterocycles. The minimum Gasteiger partial charge on any atom is -0.481 e. The van der Waals surface area contributed by atoms with Crippen LogP contribution in [0.15, 0.2) is 0 Å². The summed E-state index contributed by atoms with van der Waals surface area (Å²) in [6.45, 7) is 0. The highest BCUT2D eigenvalue weighted by Gasteiger charge is 1.90. The van der Waals surface area contributed by atoms with Gasteiger partial charge in [-0.3, -0.25) is 9.59 Å². The molecule has 0 fully saturated rings. The first-order valence-corrected chi connectivity index (χ1v) is 3.52. The molecule has 0 aromatic heterocycles. The van der Waals surface area contributed by atoms with Crippen LogP contribution in [0, 0.1) is 23.7 Å². The van der Waals surface area contributed by atoms with Crippen molar-refractivity contribution in [1.82, 2.24) is 0 Å². The van der Waals surface area contributed by atoms with Gasteiger partial charge in [-0.1, -0.05) is 11.8 Å². The Morgan fingerprint density at radius 2 is 1.62 bits per heavy atom. The van der Waals surface area contributed by atoms with Gasteiger partial charge >= 0.3 is 11.9 Å². The molecule has 0 saturated carbocycles. The maximum absolute atomic E-state index is 10.00. The molecule has 0 unspecified atom stereocenters. The zero-order valence-corrected chi connectivity index (χ0v) is 6.83. The predicted molar refractivity (Wildman–Crippen MR) is 44.7 cm³/mol. The minimum atomic E-state index is -1.00. The Labute approximate surface area is 75.6 Å². The second-order valence-corrected chi connectivity index (χ2v) is 2.07. The number of carboxylic acid groups (broad SMARTS) is 2. The zero-order valence-electron chi connectivity index (χ0n) is 6.83. The molecule has 4 heteroatoms. The van der Waals surface area contributed by atoms with Crippen molar-refractivity contribution in [2.75, 3.05) is 0 Å². The number of rotatable bonds is 3. The average molecular weight is 180 g/mol. The van der Waals surface area contributed by atoms with Gasteiger partial charge in [-0.2, -0.15) is 0 Å². The minimum absolute atomic E-state index is 0.0202. The van der Waals surface area contributed by atoms with E-state index in [4.69, 9.17) is 10.2 Å². The molecule has 0 atom stereocenters. The number of carboxylic acids is 2. The summed E-state index contributed by atoms with van der Waals surface area (Å²) >= 11 is 0. The van der Waals surface area contributed by atoms with Gasteiger partial charge in [0, 0.05) is 6.42 Å². The third-order valence-corrected chi connectivity index (χ3v) is 0.943. The molecule has 13 heavy (non-hydrogen) atoms. The Kier molecular flexibility index (Phi) is 5.74. The van der Waals surface area contributed by atoms with E-state index in [1.54, 1.807) is 0 Å². The first kappa shape index (κ1) is 11.1. The fraction of sp³-hybridized carbons (Fsp3) is 0.333. The standard InChI is InChI=1S/C9H8O4/c10-8(11)6-4-2-1-3-5-7-9(12)13/h4,6-7H2,(H,10,11)(H,12,13). The van der Waals surface area contributed by atoms with Crippen molar-refractivity contribution in [3.05, 3.63) is 0 Å². The van der Waals surface area contributed by atoms with Gasteiger partial charge in [-0.05, 0) is 11.8 Å². The molecule has 68 valence electrons. The van der Waals surface area contributed by atoms with Gasteiger partial charge in [0.15, 0.2) is 0 Å². The fourth-order valence-corrected chi connectivity index (χ4v) is 0.440. The van der Waals surface area contributed by atoms with E-state index in [9.17, 15) is 9.59 Å². The van der Waals surface area contributed by atoms with Crippen LogP contribution in [0.4, 0.5) is 0 Å². The lowest BCUT2D eigenvalue weighted by Crippen LogP contribution is -1.91. The van der Waals surface area contributed by atoms with Gasteiger partial charge in [0.05, 0.1) is 6.42 Å². The SMILES string of the molecule is O=C(O)CC#CC#CCCC(=O)O. The second-order valence-electron chi connectivity index (χ2n) is 2.07. The van der Waals surface area contributed by atoms with Crippen LogP contribution in [-0.4, -0.2) is 22.2 Å². The van der Waals surface area contributed by atoms with Crippen molar-refractivity contribution in [2.24, 2.45) is 0 Å². The number of carbonyl (C=O) groups is 2. The Morgan fingerprint density at radius 1 is 1.00 bits per heavy atom. The van der Waals surface area contributed by atoms with E-state index in [0.29, 0.717) is 0 Å². The highest BCUT2D eigenvalue weighted by Crippen LogP contribution is 1.84. The van der Waals surface area contributed by atoms with Crippen LogP contribution in [0.5, 0.6) is 0 Å². The zero-order chi connectivity index (χ0) is 10.1. The number of hydrogen-bond donors (Lipinski definition) is 2. The highest BCUT2D eigenvalue weighted by atomic mass is 16.4. The normalized spacial score (nSPS) is 7.38. The van der Waals surface area contributed by atoms with E-state index in [-0.39, 0.29) is 19.3 Å². The largest absolute Gasteiger partial charge is 0.481 e. The van der Waals surface area contributed by atoms with Crippen molar-refractivity contribution in [3.63, 3.8) is 0 Å². The molecule has 0 aliphatic heterocycles. The summed E-state index contributed by atoms with van der Waals surface area (Å²) in [4.78, 5) is 19.9. The van der Waals surface area contributed by atoms with Gasteiger partial charge in [-0.25, -0.2) is 0 Å². The molecule has 2 N–H and O–H groups in total. The number of aliphatic carboxylic acids is 2. The maximum atomic E-state index is 10.00. The van der Waals surface area contributed by atoms with Crippen molar-refractivity contribution in [2.45, 2.75) is 19.3 Å². The van der Waals surface area contributed by atoms with E-state index in [1.807, 2.05) is 0 Å². The first-order valence-electron chi connectivity index (χ1n) is 3.52. The van der Waals surface area contributed by atoms with Crippen LogP contribution >= 0.6 is 0 Å². The predicted octanol–water partition coefficient (Wildman–Crippen LogP) is 0.333. The fourth-order valence-electron chi connectivity index (χ4n) is 0.440. The van der Waals surface area contributed by atoms with Crippen molar-refractivity contribution >= 4 is 11.9 Å². The molecule has 0 aromatic carbocycles. The van der Waals surface area contributed by atoms with E-state index in [0.717, 1.165) is 0 Å². The van der Waals surface area contributed by atoms with Crippen LogP contribution < -0.4 is 0 Å². The lowest BCUT2D eigenvalue weighted by Gasteiger charge is -1.81. The summed E-state index contributed by atoms with van der Waals surface area (Å²) in [5.74, 6) is 7.55. The maximum Gasteiger partial charge on any atom is 0.315 e. The Balaban J connectivity index is 3.64. The molecule has 0 aliphatic carbocycles. The first-order chi connectivity index (χ1) is 6.13. The second kappa shape index (κ2) is 6.75. The van der Waals surface area contributed by atoms with Gasteiger partial charge in [0.25, 0.3) is 0 Å². The van der Waals surface area contributed by atoms with E-state index >= 15 is 0 Å². The van der Waals surface area contributed by atoms with Crippen molar-refractivity contribution in [3.8, 4) is 23.7 Å². The van der Waals surface area contributed by atoms with E-state index in [2.05, 4.69) is 23.7 Å². The van der Waals surface area contributed by atoms with Crippen LogP contribution in [0.25, 0.3) is 0 Å². The van der Waals surface area contributed by atoms with Gasteiger partial charge in [-0.15, -0.1) is 0 Å². The smallest absolute Gasteiger partial charge is 0.315 e. The van der Waals surface area contributed by atoms with Gasteiger partial charge in [0.1, 0.15) is 6.42 Å². The van der Waals surface area contributed by atoms with Crippen molar-refractivity contribution in [1.29, 1.82) is 0 Å². The number of hydrogen-bond acceptors (Lipinski definition) is 2. The summed E-state index contributed by atoms with van der Waals surface area (Å²) in [5.41, 5.74) is 0. The quantitative estimate of drug-likeness (QED) is 0.614. The lowest BCUT2D eigenvalue weighted by molar-refractivity contribution is -0.137. The Bertz CT molecular complexity index is 308. The van der Waals surface area contributed by atoms with Gasteiger partial charge < -0.3 is 10.2 Å². The molecule has 0 heterocycles. The monoisotopic (exact) mass is 180 g/mol. The van der Waals surface area contributed by atoms with E-state index < -0.39 is 11.9 Å². The highest BCUT2D eigenvalue weighted by molar-refractivity contribution is 5.70. The summed E-state index contributed by atoms with van der Waals surface area (Å²) in [6, 6.07) is 0. The summed E-state index contributed by atoms with van der Waals surface area (Å²) in [6.07, 6.45) is -0.0295. The van der Waals surface area contributed by atoms with Crippen LogP contribution in [-0.2, 0) is 9.59 Å². The lowest BCUT2D eigenvalue weighted by atomic mass is 10.3. The third-order valence-electron chi connectivity index (χ3n) is 0.943. The summed E-state index contributed by atoms with van der Waals surface area (Å²) in [7, 11) is 0. The Hall–Kier alpha value is -1.94.